The van der Waals surface area contributed by atoms with E-state index < -0.39 is 0 Å². The number of hydrogen-bond acceptors (Lipinski definition) is 3. The van der Waals surface area contributed by atoms with Gasteiger partial charge in [0.25, 0.3) is 5.91 Å². The van der Waals surface area contributed by atoms with E-state index in [0.29, 0.717) is 17.8 Å². The standard InChI is InChI=1S/C18H23N3O2S/c1-5-19-17(22)14-6-8-15(9-7-14)21-18(23)20-12(3)16-10-11(2)24-13(16)4/h6-10,12H,5H2,1-4H3,(H,19,22)(H2,20,21,23). The molecule has 1 atom stereocenters. The lowest BCUT2D eigenvalue weighted by molar-refractivity contribution is 0.0956. The van der Waals surface area contributed by atoms with Crippen molar-refractivity contribution in [3.63, 3.8) is 0 Å². The van der Waals surface area contributed by atoms with E-state index in [4.69, 9.17) is 0 Å². The second-order valence-corrected chi connectivity index (χ2v) is 7.09. The smallest absolute Gasteiger partial charge is 0.319 e. The Labute approximate surface area is 146 Å². The van der Waals surface area contributed by atoms with Crippen LogP contribution in [0.1, 0.15) is 45.6 Å². The van der Waals surface area contributed by atoms with Gasteiger partial charge in [0.05, 0.1) is 6.04 Å². The highest BCUT2D eigenvalue weighted by Gasteiger charge is 2.14. The van der Waals surface area contributed by atoms with Crippen molar-refractivity contribution in [3.05, 3.63) is 51.2 Å². The second kappa shape index (κ2) is 7.97. The number of amides is 3. The number of thiophene rings is 1. The Kier molecular flexibility index (Phi) is 5.98. The summed E-state index contributed by atoms with van der Waals surface area (Å²) in [4.78, 5) is 26.3. The lowest BCUT2D eigenvalue weighted by Gasteiger charge is -2.15. The third-order valence-electron chi connectivity index (χ3n) is 3.64. The van der Waals surface area contributed by atoms with Gasteiger partial charge in [-0.3, -0.25) is 4.79 Å². The third-order valence-corrected chi connectivity index (χ3v) is 4.62. The molecular weight excluding hydrogens is 322 g/mol. The Bertz CT molecular complexity index is 722. The third kappa shape index (κ3) is 4.58. The summed E-state index contributed by atoms with van der Waals surface area (Å²) in [5.41, 5.74) is 2.35. The van der Waals surface area contributed by atoms with E-state index in [0.717, 1.165) is 5.56 Å². The van der Waals surface area contributed by atoms with Gasteiger partial charge in [-0.05, 0) is 63.6 Å². The Balaban J connectivity index is 1.94. The molecule has 0 aliphatic carbocycles. The molecule has 1 aromatic heterocycles. The molecule has 1 unspecified atom stereocenters. The molecular formula is C18H23N3O2S. The van der Waals surface area contributed by atoms with E-state index in [1.165, 1.54) is 9.75 Å². The van der Waals surface area contributed by atoms with Crippen LogP contribution in [0.25, 0.3) is 0 Å². The highest BCUT2D eigenvalue weighted by atomic mass is 32.1. The summed E-state index contributed by atoms with van der Waals surface area (Å²) in [6.45, 7) is 8.54. The number of anilines is 1. The van der Waals surface area contributed by atoms with Gasteiger partial charge in [0.2, 0.25) is 0 Å². The molecule has 0 fully saturated rings. The topological polar surface area (TPSA) is 70.2 Å². The molecule has 128 valence electrons. The first-order chi connectivity index (χ1) is 11.4. The molecule has 5 nitrogen and oxygen atoms in total. The fourth-order valence-corrected chi connectivity index (χ4v) is 3.51. The zero-order chi connectivity index (χ0) is 17.7. The first-order valence-corrected chi connectivity index (χ1v) is 8.75. The molecule has 0 saturated heterocycles. The minimum absolute atomic E-state index is 0.0652. The lowest BCUT2D eigenvalue weighted by Crippen LogP contribution is -2.31. The van der Waals surface area contributed by atoms with Crippen LogP contribution in [-0.4, -0.2) is 18.5 Å². The number of hydrogen-bond donors (Lipinski definition) is 3. The van der Waals surface area contributed by atoms with E-state index in [2.05, 4.69) is 35.9 Å². The van der Waals surface area contributed by atoms with Crippen molar-refractivity contribution in [3.8, 4) is 0 Å². The van der Waals surface area contributed by atoms with Crippen molar-refractivity contribution in [1.29, 1.82) is 0 Å². The molecule has 24 heavy (non-hydrogen) atoms. The van der Waals surface area contributed by atoms with Crippen LogP contribution in [0, 0.1) is 13.8 Å². The maximum absolute atomic E-state index is 12.1. The molecule has 0 spiro atoms. The summed E-state index contributed by atoms with van der Waals surface area (Å²) in [7, 11) is 0. The number of rotatable bonds is 5. The highest BCUT2D eigenvalue weighted by molar-refractivity contribution is 7.12. The molecule has 0 bridgehead atoms. The highest BCUT2D eigenvalue weighted by Crippen LogP contribution is 2.26. The summed E-state index contributed by atoms with van der Waals surface area (Å²) in [6.07, 6.45) is 0. The summed E-state index contributed by atoms with van der Waals surface area (Å²) >= 11 is 1.73. The Hall–Kier alpha value is -2.34. The zero-order valence-electron chi connectivity index (χ0n) is 14.4. The predicted molar refractivity (Wildman–Crippen MR) is 98.8 cm³/mol. The SMILES string of the molecule is CCNC(=O)c1ccc(NC(=O)NC(C)c2cc(C)sc2C)cc1. The first-order valence-electron chi connectivity index (χ1n) is 7.93. The number of nitrogens with one attached hydrogen (secondary N) is 3. The monoisotopic (exact) mass is 345 g/mol. The van der Waals surface area contributed by atoms with Crippen LogP contribution in [0.3, 0.4) is 0 Å². The van der Waals surface area contributed by atoms with Gasteiger partial charge >= 0.3 is 6.03 Å². The fraction of sp³-hybridized carbons (Fsp3) is 0.333. The van der Waals surface area contributed by atoms with Crippen LogP contribution in [-0.2, 0) is 0 Å². The largest absolute Gasteiger partial charge is 0.352 e. The van der Waals surface area contributed by atoms with Crippen molar-refractivity contribution in [2.45, 2.75) is 33.7 Å². The van der Waals surface area contributed by atoms with Crippen LogP contribution in [0.2, 0.25) is 0 Å². The number of benzene rings is 1. The average molecular weight is 345 g/mol. The first kappa shape index (κ1) is 18.0. The molecule has 1 heterocycles. The molecule has 1 aromatic carbocycles. The summed E-state index contributed by atoms with van der Waals surface area (Å²) in [6, 6.07) is 8.59. The van der Waals surface area contributed by atoms with Crippen molar-refractivity contribution >= 4 is 29.0 Å². The second-order valence-electron chi connectivity index (χ2n) is 5.63. The summed E-state index contributed by atoms with van der Waals surface area (Å²) < 4.78 is 0. The van der Waals surface area contributed by atoms with E-state index in [-0.39, 0.29) is 18.0 Å². The minimum atomic E-state index is -0.267. The predicted octanol–water partition coefficient (Wildman–Crippen LogP) is 4.00. The van der Waals surface area contributed by atoms with E-state index in [1.54, 1.807) is 35.6 Å². The van der Waals surface area contributed by atoms with Gasteiger partial charge in [-0.1, -0.05) is 0 Å². The van der Waals surface area contributed by atoms with E-state index >= 15 is 0 Å². The van der Waals surface area contributed by atoms with E-state index in [1.807, 2.05) is 13.8 Å². The molecule has 3 N–H and O–H groups in total. The normalized spacial score (nSPS) is 11.7. The van der Waals surface area contributed by atoms with Gasteiger partial charge in [-0.15, -0.1) is 11.3 Å². The number of carbonyl (C=O) groups is 2. The Morgan fingerprint density at radius 3 is 2.38 bits per heavy atom. The van der Waals surface area contributed by atoms with Crippen LogP contribution in [0.15, 0.2) is 30.3 Å². The van der Waals surface area contributed by atoms with Crippen LogP contribution in [0.4, 0.5) is 10.5 Å². The van der Waals surface area contributed by atoms with E-state index in [9.17, 15) is 9.59 Å². The van der Waals surface area contributed by atoms with Crippen LogP contribution < -0.4 is 16.0 Å². The molecule has 6 heteroatoms. The Morgan fingerprint density at radius 2 is 1.83 bits per heavy atom. The van der Waals surface area contributed by atoms with Crippen molar-refractivity contribution in [2.24, 2.45) is 0 Å². The average Bonchev–Trinajstić information content (AvgIpc) is 2.87. The van der Waals surface area contributed by atoms with Crippen LogP contribution in [0.5, 0.6) is 0 Å². The summed E-state index contributed by atoms with van der Waals surface area (Å²) in [5, 5.41) is 8.46. The van der Waals surface area contributed by atoms with Gasteiger partial charge in [0.15, 0.2) is 0 Å². The maximum atomic E-state index is 12.1. The quantitative estimate of drug-likeness (QED) is 0.766. The minimum Gasteiger partial charge on any atom is -0.352 e. The van der Waals surface area contributed by atoms with Crippen molar-refractivity contribution in [2.75, 3.05) is 11.9 Å². The molecule has 3 amide bonds. The van der Waals surface area contributed by atoms with Gasteiger partial charge in [-0.25, -0.2) is 4.79 Å². The molecule has 2 aromatic rings. The lowest BCUT2D eigenvalue weighted by atomic mass is 10.1. The van der Waals surface area contributed by atoms with Gasteiger partial charge in [0, 0.05) is 27.5 Å². The number of aryl methyl sites for hydroxylation is 2. The van der Waals surface area contributed by atoms with Gasteiger partial charge in [0.1, 0.15) is 0 Å². The van der Waals surface area contributed by atoms with Crippen molar-refractivity contribution < 1.29 is 9.59 Å². The molecule has 0 saturated carbocycles. The molecule has 0 aliphatic rings. The van der Waals surface area contributed by atoms with Crippen LogP contribution >= 0.6 is 11.3 Å². The maximum Gasteiger partial charge on any atom is 0.319 e. The fourth-order valence-electron chi connectivity index (χ4n) is 2.49. The number of carbonyl (C=O) groups excluding carboxylic acids is 2. The molecule has 0 aliphatic heterocycles. The van der Waals surface area contributed by atoms with Crippen molar-refractivity contribution in [1.82, 2.24) is 10.6 Å². The molecule has 2 rings (SSSR count). The summed E-state index contributed by atoms with van der Waals surface area (Å²) in [5.74, 6) is -0.120. The number of urea groups is 1. The Morgan fingerprint density at radius 1 is 1.17 bits per heavy atom. The van der Waals surface area contributed by atoms with Gasteiger partial charge < -0.3 is 16.0 Å². The zero-order valence-corrected chi connectivity index (χ0v) is 15.2. The van der Waals surface area contributed by atoms with Gasteiger partial charge in [-0.2, -0.15) is 0 Å². The molecule has 0 radical (unpaired) electrons.